The van der Waals surface area contributed by atoms with Crippen molar-refractivity contribution in [2.75, 3.05) is 25.0 Å². The van der Waals surface area contributed by atoms with Gasteiger partial charge in [-0.25, -0.2) is 4.98 Å². The van der Waals surface area contributed by atoms with Crippen molar-refractivity contribution in [1.82, 2.24) is 14.9 Å². The molecule has 150 valence electrons. The van der Waals surface area contributed by atoms with Gasteiger partial charge in [-0.05, 0) is 37.0 Å². The maximum absolute atomic E-state index is 11.9. The molecule has 1 atom stereocenters. The molecule has 0 radical (unpaired) electrons. The number of hydrogen-bond donors (Lipinski definition) is 3. The molecule has 8 nitrogen and oxygen atoms in total. The Hall–Kier alpha value is -2.42. The van der Waals surface area contributed by atoms with E-state index in [0.717, 1.165) is 43.7 Å². The van der Waals surface area contributed by atoms with Crippen LogP contribution in [0.2, 0.25) is 0 Å². The molecule has 1 unspecified atom stereocenters. The minimum Gasteiger partial charge on any atom is -0.494 e. The Bertz CT molecular complexity index is 870. The van der Waals surface area contributed by atoms with E-state index in [2.05, 4.69) is 26.3 Å². The minimum atomic E-state index is -0.332. The predicted molar refractivity (Wildman–Crippen MR) is 104 cm³/mol. The third kappa shape index (κ3) is 4.52. The number of likely N-dealkylation sites (tertiary alicyclic amines) is 1. The number of hydrogen-bond acceptors (Lipinski definition) is 7. The van der Waals surface area contributed by atoms with Crippen LogP contribution in [-0.2, 0) is 24.5 Å². The van der Waals surface area contributed by atoms with Crippen molar-refractivity contribution in [3.05, 3.63) is 51.4 Å². The van der Waals surface area contributed by atoms with Gasteiger partial charge in [0, 0.05) is 19.6 Å². The van der Waals surface area contributed by atoms with Gasteiger partial charge in [0.05, 0.1) is 31.1 Å². The van der Waals surface area contributed by atoms with E-state index in [1.54, 1.807) is 0 Å². The number of nitrogens with one attached hydrogen (secondary N) is 2. The molecule has 0 spiro atoms. The molecule has 0 saturated carbocycles. The number of anilines is 1. The van der Waals surface area contributed by atoms with Crippen LogP contribution in [0, 0.1) is 0 Å². The zero-order chi connectivity index (χ0) is 19.3. The van der Waals surface area contributed by atoms with Gasteiger partial charge in [0.1, 0.15) is 12.0 Å². The molecular formula is C20H26N4O4. The zero-order valence-corrected chi connectivity index (χ0v) is 15.8. The molecule has 0 aliphatic carbocycles. The summed E-state index contributed by atoms with van der Waals surface area (Å²) < 4.78 is 11.1. The van der Waals surface area contributed by atoms with Gasteiger partial charge < -0.3 is 19.9 Å². The third-order valence-electron chi connectivity index (χ3n) is 5.08. The Morgan fingerprint density at radius 2 is 2.32 bits per heavy atom. The maximum atomic E-state index is 11.9. The Morgan fingerprint density at radius 1 is 1.39 bits per heavy atom. The largest absolute Gasteiger partial charge is 0.494 e. The number of benzene rings is 1. The number of H-pyrrole nitrogens is 1. The van der Waals surface area contributed by atoms with E-state index >= 15 is 0 Å². The highest BCUT2D eigenvalue weighted by molar-refractivity contribution is 5.31. The Labute approximate surface area is 163 Å². The van der Waals surface area contributed by atoms with E-state index in [1.807, 2.05) is 18.2 Å². The van der Waals surface area contributed by atoms with E-state index in [-0.39, 0.29) is 11.8 Å². The van der Waals surface area contributed by atoms with Crippen molar-refractivity contribution in [2.24, 2.45) is 0 Å². The molecule has 2 aliphatic rings. The lowest BCUT2D eigenvalue weighted by atomic mass is 10.2. The van der Waals surface area contributed by atoms with Gasteiger partial charge in [0.2, 0.25) is 5.95 Å². The highest BCUT2D eigenvalue weighted by Crippen LogP contribution is 2.20. The number of nitrogens with zero attached hydrogens (tertiary/aromatic N) is 2. The summed E-state index contributed by atoms with van der Waals surface area (Å²) in [4.78, 5) is 21.1. The van der Waals surface area contributed by atoms with Gasteiger partial charge >= 0.3 is 0 Å². The van der Waals surface area contributed by atoms with Crippen LogP contribution in [0.4, 0.5) is 5.95 Å². The fourth-order valence-corrected chi connectivity index (χ4v) is 3.58. The van der Waals surface area contributed by atoms with E-state index in [1.165, 1.54) is 0 Å². The molecule has 0 amide bonds. The Morgan fingerprint density at radius 3 is 3.18 bits per heavy atom. The number of fused-ring (bicyclic) bond motifs is 1. The molecule has 8 heteroatoms. The first-order valence-electron chi connectivity index (χ1n) is 9.76. The van der Waals surface area contributed by atoms with Crippen molar-refractivity contribution < 1.29 is 14.6 Å². The van der Waals surface area contributed by atoms with Gasteiger partial charge in [-0.2, -0.15) is 0 Å². The van der Waals surface area contributed by atoms with Crippen molar-refractivity contribution >= 4 is 5.95 Å². The van der Waals surface area contributed by atoms with Crippen LogP contribution in [-0.4, -0.2) is 45.9 Å². The fourth-order valence-electron chi connectivity index (χ4n) is 3.58. The average Bonchev–Trinajstić information content (AvgIpc) is 3.31. The maximum Gasteiger partial charge on any atom is 0.258 e. The van der Waals surface area contributed by atoms with Crippen molar-refractivity contribution in [3.63, 3.8) is 0 Å². The quantitative estimate of drug-likeness (QED) is 0.593. The lowest BCUT2D eigenvalue weighted by Crippen LogP contribution is -2.28. The van der Waals surface area contributed by atoms with Gasteiger partial charge in [0.15, 0.2) is 0 Å². The normalized spacial score (nSPS) is 19.0. The first kappa shape index (κ1) is 18.9. The van der Waals surface area contributed by atoms with Gasteiger partial charge in [-0.1, -0.05) is 12.1 Å². The molecule has 3 N–H and O–H groups in total. The average molecular weight is 386 g/mol. The van der Waals surface area contributed by atoms with Crippen molar-refractivity contribution in [2.45, 2.75) is 45.2 Å². The van der Waals surface area contributed by atoms with E-state index in [4.69, 9.17) is 9.47 Å². The first-order chi connectivity index (χ1) is 13.7. The number of aliphatic hydroxyl groups excluding tert-OH is 1. The van der Waals surface area contributed by atoms with Crippen molar-refractivity contribution in [1.29, 1.82) is 0 Å². The van der Waals surface area contributed by atoms with Crippen LogP contribution in [0.3, 0.4) is 0 Å². The molecular weight excluding hydrogens is 360 g/mol. The highest BCUT2D eigenvalue weighted by atomic mass is 16.5. The molecule has 1 aromatic carbocycles. The summed E-state index contributed by atoms with van der Waals surface area (Å²) in [6.45, 7) is 3.59. The van der Waals surface area contributed by atoms with Crippen LogP contribution >= 0.6 is 0 Å². The van der Waals surface area contributed by atoms with Crippen LogP contribution < -0.4 is 15.6 Å². The van der Waals surface area contributed by atoms with Gasteiger partial charge in [0.25, 0.3) is 5.56 Å². The number of rotatable bonds is 8. The summed E-state index contributed by atoms with van der Waals surface area (Å²) in [5.41, 5.74) is 2.33. The summed E-state index contributed by atoms with van der Waals surface area (Å²) >= 11 is 0. The molecule has 0 bridgehead atoms. The van der Waals surface area contributed by atoms with Gasteiger partial charge in [-0.3, -0.25) is 14.7 Å². The summed E-state index contributed by atoms with van der Waals surface area (Å²) in [5.74, 6) is 1.30. The number of aliphatic hydroxyl groups is 1. The number of aromatic nitrogens is 2. The van der Waals surface area contributed by atoms with E-state index in [9.17, 15) is 9.90 Å². The molecule has 2 aromatic rings. The molecule has 4 rings (SSSR count). The molecule has 1 saturated heterocycles. The predicted octanol–water partition coefficient (Wildman–Crippen LogP) is 1.60. The Balaban J connectivity index is 1.22. The standard InChI is InChI=1S/C20H26N4O4/c25-18-6-2-8-24(18)11-14-4-1-5-15(10-14)28-9-3-7-21-20-22-17-13-27-12-16(17)19(26)23-20/h1,4-5,10,18,25H,2-3,6-9,11-13H2,(H2,21,22,23,26). The molecule has 1 fully saturated rings. The molecule has 2 aliphatic heterocycles. The lowest BCUT2D eigenvalue weighted by Gasteiger charge is -2.20. The summed E-state index contributed by atoms with van der Waals surface area (Å²) in [6, 6.07) is 8.00. The molecule has 3 heterocycles. The second-order valence-corrected chi connectivity index (χ2v) is 7.20. The molecule has 1 aromatic heterocycles. The SMILES string of the molecule is O=c1[nH]c(NCCCOc2cccc(CN3CCCC3O)c2)nc2c1COC2. The van der Waals surface area contributed by atoms with E-state index in [0.29, 0.717) is 43.6 Å². The summed E-state index contributed by atoms with van der Waals surface area (Å²) in [6.07, 6.45) is 2.33. The second kappa shape index (κ2) is 8.72. The number of aromatic amines is 1. The lowest BCUT2D eigenvalue weighted by molar-refractivity contribution is 0.0328. The number of ether oxygens (including phenoxy) is 2. The Kier molecular flexibility index (Phi) is 5.90. The zero-order valence-electron chi connectivity index (χ0n) is 15.8. The second-order valence-electron chi connectivity index (χ2n) is 7.20. The summed E-state index contributed by atoms with van der Waals surface area (Å²) in [5, 5.41) is 13.1. The minimum absolute atomic E-state index is 0.138. The first-order valence-corrected chi connectivity index (χ1v) is 9.76. The van der Waals surface area contributed by atoms with Crippen LogP contribution in [0.15, 0.2) is 29.1 Å². The van der Waals surface area contributed by atoms with Gasteiger partial charge in [-0.15, -0.1) is 0 Å². The topological polar surface area (TPSA) is 99.7 Å². The van der Waals surface area contributed by atoms with Crippen LogP contribution in [0.25, 0.3) is 0 Å². The fraction of sp³-hybridized carbons (Fsp3) is 0.500. The smallest absolute Gasteiger partial charge is 0.258 e. The van der Waals surface area contributed by atoms with Crippen molar-refractivity contribution in [3.8, 4) is 5.75 Å². The summed E-state index contributed by atoms with van der Waals surface area (Å²) in [7, 11) is 0. The highest BCUT2D eigenvalue weighted by Gasteiger charge is 2.21. The third-order valence-corrected chi connectivity index (χ3v) is 5.08. The van der Waals surface area contributed by atoms with Crippen LogP contribution in [0.1, 0.15) is 36.1 Å². The van der Waals surface area contributed by atoms with Crippen LogP contribution in [0.5, 0.6) is 5.75 Å². The monoisotopic (exact) mass is 386 g/mol. The molecule has 28 heavy (non-hydrogen) atoms. The van der Waals surface area contributed by atoms with E-state index < -0.39 is 0 Å².